The fourth-order valence-corrected chi connectivity index (χ4v) is 2.29. The van der Waals surface area contributed by atoms with E-state index < -0.39 is 0 Å². The van der Waals surface area contributed by atoms with Gasteiger partial charge in [0.15, 0.2) is 5.11 Å². The highest BCUT2D eigenvalue weighted by atomic mass is 32.1. The molecule has 0 aromatic heterocycles. The molecule has 6 heteroatoms. The molecule has 0 aliphatic carbocycles. The van der Waals surface area contributed by atoms with Gasteiger partial charge in [-0.3, -0.25) is 5.43 Å². The molecule has 2 aromatic carbocycles. The highest BCUT2D eigenvalue weighted by Crippen LogP contribution is 2.22. The number of hydrogen-bond acceptors (Lipinski definition) is 4. The van der Waals surface area contributed by atoms with E-state index in [9.17, 15) is 0 Å². The first-order chi connectivity index (χ1) is 12.6. The van der Waals surface area contributed by atoms with E-state index in [2.05, 4.69) is 29.7 Å². The molecule has 0 bridgehead atoms. The average molecular weight is 372 g/mol. The lowest BCUT2D eigenvalue weighted by atomic mass is 10.1. The number of rotatable bonds is 8. The van der Waals surface area contributed by atoms with Crippen LogP contribution < -0.4 is 20.2 Å². The summed E-state index contributed by atoms with van der Waals surface area (Å²) in [6, 6.07) is 15.3. The van der Waals surface area contributed by atoms with Gasteiger partial charge < -0.3 is 14.8 Å². The Bertz CT molecular complexity index is 730. The van der Waals surface area contributed by atoms with E-state index in [-0.39, 0.29) is 0 Å². The summed E-state index contributed by atoms with van der Waals surface area (Å²) < 4.78 is 11.0. The second-order valence-electron chi connectivity index (χ2n) is 6.12. The summed E-state index contributed by atoms with van der Waals surface area (Å²) in [6.45, 7) is 5.10. The number of thiocarbonyl (C=S) groups is 1. The Balaban J connectivity index is 1.81. The van der Waals surface area contributed by atoms with Crippen molar-refractivity contribution in [3.63, 3.8) is 0 Å². The maximum Gasteiger partial charge on any atom is 0.191 e. The normalized spacial score (nSPS) is 10.8. The first kappa shape index (κ1) is 19.7. The van der Waals surface area contributed by atoms with Gasteiger partial charge >= 0.3 is 0 Å². The predicted octanol–water partition coefficient (Wildman–Crippen LogP) is 4.44. The predicted molar refractivity (Wildman–Crippen MR) is 111 cm³/mol. The standard InChI is InChI=1S/C20H25N3O2S/c1-15(2)12-13-25-17-10-8-16(9-11-17)14-21-23-20(26)22-18-6-4-5-7-19(18)24-3/h4-11,14-15H,12-13H2,1-3H3,(H2,22,23,26)/b21-14-. The lowest BCUT2D eigenvalue weighted by molar-refractivity contribution is 0.289. The zero-order valence-corrected chi connectivity index (χ0v) is 16.2. The molecule has 0 amide bonds. The van der Waals surface area contributed by atoms with Crippen molar-refractivity contribution in [2.75, 3.05) is 19.0 Å². The Morgan fingerprint density at radius 1 is 1.15 bits per heavy atom. The monoisotopic (exact) mass is 371 g/mol. The molecule has 0 aliphatic rings. The smallest absolute Gasteiger partial charge is 0.191 e. The molecule has 0 aliphatic heterocycles. The topological polar surface area (TPSA) is 54.9 Å². The number of nitrogens with zero attached hydrogens (tertiary/aromatic N) is 1. The van der Waals surface area contributed by atoms with E-state index >= 15 is 0 Å². The van der Waals surface area contributed by atoms with Gasteiger partial charge in [-0.15, -0.1) is 0 Å². The summed E-state index contributed by atoms with van der Waals surface area (Å²) in [5, 5.41) is 7.59. The van der Waals surface area contributed by atoms with Gasteiger partial charge in [-0.2, -0.15) is 5.10 Å². The molecular weight excluding hydrogens is 346 g/mol. The minimum absolute atomic E-state index is 0.388. The molecule has 138 valence electrons. The molecule has 5 nitrogen and oxygen atoms in total. The third-order valence-electron chi connectivity index (χ3n) is 3.58. The van der Waals surface area contributed by atoms with Crippen molar-refractivity contribution >= 4 is 29.2 Å². The van der Waals surface area contributed by atoms with Crippen LogP contribution in [0.5, 0.6) is 11.5 Å². The van der Waals surface area contributed by atoms with Gasteiger partial charge in [0.05, 0.1) is 25.6 Å². The number of methoxy groups -OCH3 is 1. The first-order valence-electron chi connectivity index (χ1n) is 8.54. The molecular formula is C20H25N3O2S. The third kappa shape index (κ3) is 6.72. The fourth-order valence-electron chi connectivity index (χ4n) is 2.13. The van der Waals surface area contributed by atoms with Crippen molar-refractivity contribution in [1.29, 1.82) is 0 Å². The molecule has 0 unspecified atom stereocenters. The molecule has 2 rings (SSSR count). The van der Waals surface area contributed by atoms with Gasteiger partial charge in [0, 0.05) is 0 Å². The second-order valence-corrected chi connectivity index (χ2v) is 6.53. The van der Waals surface area contributed by atoms with Crippen LogP contribution in [0.4, 0.5) is 5.69 Å². The number of hydrogen-bond donors (Lipinski definition) is 2. The van der Waals surface area contributed by atoms with Crippen LogP contribution in [-0.2, 0) is 0 Å². The Hall–Kier alpha value is -2.60. The SMILES string of the molecule is COc1ccccc1NC(=S)N/N=C\c1ccc(OCCC(C)C)cc1. The number of benzene rings is 2. The summed E-state index contributed by atoms with van der Waals surface area (Å²) in [6.07, 6.45) is 2.75. The summed E-state index contributed by atoms with van der Waals surface area (Å²) in [7, 11) is 1.62. The van der Waals surface area contributed by atoms with Gasteiger partial charge in [-0.25, -0.2) is 0 Å². The summed E-state index contributed by atoms with van der Waals surface area (Å²) in [4.78, 5) is 0. The van der Waals surface area contributed by atoms with Crippen LogP contribution in [0.1, 0.15) is 25.8 Å². The maximum atomic E-state index is 5.70. The zero-order chi connectivity index (χ0) is 18.8. The number of hydrazone groups is 1. The van der Waals surface area contributed by atoms with Crippen LogP contribution in [0.3, 0.4) is 0 Å². The van der Waals surface area contributed by atoms with Gasteiger partial charge in [0.2, 0.25) is 0 Å². The number of anilines is 1. The highest BCUT2D eigenvalue weighted by Gasteiger charge is 2.02. The van der Waals surface area contributed by atoms with Gasteiger partial charge in [0.25, 0.3) is 0 Å². The third-order valence-corrected chi connectivity index (χ3v) is 3.77. The summed E-state index contributed by atoms with van der Waals surface area (Å²) >= 11 is 5.24. The molecule has 0 spiro atoms. The molecule has 0 fully saturated rings. The lowest BCUT2D eigenvalue weighted by Gasteiger charge is -2.10. The van der Waals surface area contributed by atoms with Crippen LogP contribution in [0.25, 0.3) is 0 Å². The van der Waals surface area contributed by atoms with Crippen molar-refractivity contribution in [1.82, 2.24) is 5.43 Å². The summed E-state index contributed by atoms with van der Waals surface area (Å²) in [5.74, 6) is 2.22. The summed E-state index contributed by atoms with van der Waals surface area (Å²) in [5.41, 5.74) is 4.53. The fraction of sp³-hybridized carbons (Fsp3) is 0.300. The van der Waals surface area contributed by atoms with Gasteiger partial charge in [0.1, 0.15) is 11.5 Å². The van der Waals surface area contributed by atoms with Crippen LogP contribution in [0.15, 0.2) is 53.6 Å². The molecule has 0 atom stereocenters. The Morgan fingerprint density at radius 2 is 1.88 bits per heavy atom. The molecule has 0 saturated carbocycles. The van der Waals surface area contributed by atoms with E-state index in [0.717, 1.165) is 30.0 Å². The van der Waals surface area contributed by atoms with Crippen molar-refractivity contribution in [2.45, 2.75) is 20.3 Å². The van der Waals surface area contributed by atoms with Crippen molar-refractivity contribution < 1.29 is 9.47 Å². The zero-order valence-electron chi connectivity index (χ0n) is 15.4. The highest BCUT2D eigenvalue weighted by molar-refractivity contribution is 7.80. The Morgan fingerprint density at radius 3 is 2.58 bits per heavy atom. The van der Waals surface area contributed by atoms with Gasteiger partial charge in [-0.1, -0.05) is 26.0 Å². The second kappa shape index (κ2) is 10.4. The minimum atomic E-state index is 0.388. The number of ether oxygens (including phenoxy) is 2. The molecule has 0 saturated heterocycles. The number of nitrogens with one attached hydrogen (secondary N) is 2. The van der Waals surface area contributed by atoms with E-state index in [0.29, 0.717) is 16.8 Å². The van der Waals surface area contributed by atoms with Crippen molar-refractivity contribution in [2.24, 2.45) is 11.0 Å². The molecule has 2 N–H and O–H groups in total. The van der Waals surface area contributed by atoms with E-state index in [4.69, 9.17) is 21.7 Å². The van der Waals surface area contributed by atoms with Crippen LogP contribution >= 0.6 is 12.2 Å². The van der Waals surface area contributed by atoms with E-state index in [1.54, 1.807) is 13.3 Å². The first-order valence-corrected chi connectivity index (χ1v) is 8.95. The van der Waals surface area contributed by atoms with Crippen LogP contribution in [0.2, 0.25) is 0 Å². The van der Waals surface area contributed by atoms with Crippen molar-refractivity contribution in [3.8, 4) is 11.5 Å². The number of para-hydroxylation sites is 2. The lowest BCUT2D eigenvalue weighted by Crippen LogP contribution is -2.24. The largest absolute Gasteiger partial charge is 0.495 e. The molecule has 26 heavy (non-hydrogen) atoms. The van der Waals surface area contributed by atoms with Gasteiger partial charge in [-0.05, 0) is 66.5 Å². The Kier molecular flexibility index (Phi) is 7.89. The van der Waals surface area contributed by atoms with Crippen molar-refractivity contribution in [3.05, 3.63) is 54.1 Å². The van der Waals surface area contributed by atoms with Crippen LogP contribution in [0, 0.1) is 5.92 Å². The average Bonchev–Trinajstić information content (AvgIpc) is 2.63. The minimum Gasteiger partial charge on any atom is -0.495 e. The molecule has 0 radical (unpaired) electrons. The molecule has 2 aromatic rings. The quantitative estimate of drug-likeness (QED) is 0.408. The molecule has 0 heterocycles. The van der Waals surface area contributed by atoms with Crippen LogP contribution in [-0.4, -0.2) is 25.0 Å². The Labute approximate surface area is 160 Å². The van der Waals surface area contributed by atoms with E-state index in [1.165, 1.54) is 0 Å². The van der Waals surface area contributed by atoms with E-state index in [1.807, 2.05) is 48.5 Å². The maximum absolute atomic E-state index is 5.70.